The minimum Gasteiger partial charge on any atom is -0.468 e. The Balaban J connectivity index is 2.88. The van der Waals surface area contributed by atoms with Crippen LogP contribution in [0.4, 0.5) is 0 Å². The minimum atomic E-state index is -0.310. The third-order valence-corrected chi connectivity index (χ3v) is 3.11. The second-order valence-electron chi connectivity index (χ2n) is 4.90. The Hall–Kier alpha value is -1.61. The summed E-state index contributed by atoms with van der Waals surface area (Å²) in [5.41, 5.74) is 1.15. The zero-order chi connectivity index (χ0) is 14.3. The van der Waals surface area contributed by atoms with Gasteiger partial charge in [0.25, 0.3) is 0 Å². The Morgan fingerprint density at radius 2 is 2.00 bits per heavy atom. The molecule has 3 nitrogen and oxygen atoms in total. The summed E-state index contributed by atoms with van der Waals surface area (Å²) in [6.07, 6.45) is 2.63. The molecule has 0 bridgehead atoms. The van der Waals surface area contributed by atoms with Gasteiger partial charge >= 0.3 is 5.97 Å². The van der Waals surface area contributed by atoms with E-state index in [2.05, 4.69) is 24.0 Å². The van der Waals surface area contributed by atoms with Gasteiger partial charge in [0.2, 0.25) is 0 Å². The first-order valence-corrected chi connectivity index (χ1v) is 6.59. The third-order valence-electron chi connectivity index (χ3n) is 3.11. The van der Waals surface area contributed by atoms with Crippen molar-refractivity contribution < 1.29 is 9.53 Å². The molecule has 0 radical (unpaired) electrons. The number of carbonyl (C=O) groups is 1. The predicted octanol–water partition coefficient (Wildman–Crippen LogP) is 3.09. The van der Waals surface area contributed by atoms with Crippen LogP contribution in [0.15, 0.2) is 43.0 Å². The van der Waals surface area contributed by atoms with E-state index in [0.717, 1.165) is 12.0 Å². The van der Waals surface area contributed by atoms with E-state index >= 15 is 0 Å². The first kappa shape index (κ1) is 15.4. The number of carbonyl (C=O) groups excluding carboxylic acids is 1. The summed E-state index contributed by atoms with van der Waals surface area (Å²) >= 11 is 0. The van der Waals surface area contributed by atoms with E-state index in [1.54, 1.807) is 0 Å². The number of hydrogen-bond donors (Lipinski definition) is 1. The second kappa shape index (κ2) is 7.74. The van der Waals surface area contributed by atoms with Crippen molar-refractivity contribution in [3.63, 3.8) is 0 Å². The zero-order valence-corrected chi connectivity index (χ0v) is 11.9. The van der Waals surface area contributed by atoms with Crippen molar-refractivity contribution in [2.45, 2.75) is 32.4 Å². The lowest BCUT2D eigenvalue weighted by Gasteiger charge is -2.26. The van der Waals surface area contributed by atoms with Gasteiger partial charge in [-0.25, -0.2) is 0 Å². The van der Waals surface area contributed by atoms with Crippen molar-refractivity contribution in [2.75, 3.05) is 7.11 Å². The Morgan fingerprint density at radius 3 is 2.47 bits per heavy atom. The molecule has 0 saturated carbocycles. The molecule has 0 amide bonds. The van der Waals surface area contributed by atoms with Gasteiger partial charge in [-0.05, 0) is 17.9 Å². The van der Waals surface area contributed by atoms with Crippen molar-refractivity contribution in [2.24, 2.45) is 5.92 Å². The van der Waals surface area contributed by atoms with Gasteiger partial charge in [0.15, 0.2) is 0 Å². The van der Waals surface area contributed by atoms with Crippen LogP contribution >= 0.6 is 0 Å². The molecule has 1 rings (SSSR count). The summed E-state index contributed by atoms with van der Waals surface area (Å²) in [4.78, 5) is 11.8. The van der Waals surface area contributed by atoms with E-state index in [4.69, 9.17) is 4.74 Å². The van der Waals surface area contributed by atoms with Gasteiger partial charge in [-0.15, -0.1) is 6.58 Å². The fraction of sp³-hybridized carbons (Fsp3) is 0.438. The van der Waals surface area contributed by atoms with Gasteiger partial charge in [-0.1, -0.05) is 50.3 Å². The molecule has 1 aromatic carbocycles. The average Bonchev–Trinajstić information content (AvgIpc) is 2.43. The third kappa shape index (κ3) is 4.52. The molecular formula is C16H23NO2. The Bertz CT molecular complexity index is 400. The fourth-order valence-electron chi connectivity index (χ4n) is 2.03. The molecule has 104 valence electrons. The molecule has 0 aliphatic rings. The maximum Gasteiger partial charge on any atom is 0.323 e. The van der Waals surface area contributed by atoms with E-state index < -0.39 is 0 Å². The van der Waals surface area contributed by atoms with E-state index in [9.17, 15) is 4.79 Å². The molecule has 0 heterocycles. The SMILES string of the molecule is C=CC[C@H](N[C@H](C(=O)OC)C(C)C)c1ccccc1. The summed E-state index contributed by atoms with van der Waals surface area (Å²) in [5.74, 6) is -0.0523. The molecule has 1 N–H and O–H groups in total. The van der Waals surface area contributed by atoms with Crippen LogP contribution in [0.25, 0.3) is 0 Å². The van der Waals surface area contributed by atoms with E-state index in [1.165, 1.54) is 7.11 Å². The molecule has 3 heteroatoms. The number of nitrogens with one attached hydrogen (secondary N) is 1. The molecule has 2 atom stereocenters. The van der Waals surface area contributed by atoms with Crippen molar-refractivity contribution >= 4 is 5.97 Å². The van der Waals surface area contributed by atoms with Crippen LogP contribution in [0.2, 0.25) is 0 Å². The zero-order valence-electron chi connectivity index (χ0n) is 11.9. The van der Waals surface area contributed by atoms with Crippen LogP contribution in [-0.4, -0.2) is 19.1 Å². The van der Waals surface area contributed by atoms with Crippen LogP contribution in [0.1, 0.15) is 31.9 Å². The number of benzene rings is 1. The van der Waals surface area contributed by atoms with Gasteiger partial charge in [0.1, 0.15) is 6.04 Å². The molecule has 0 unspecified atom stereocenters. The lowest BCUT2D eigenvalue weighted by atomic mass is 9.98. The van der Waals surface area contributed by atoms with Crippen LogP contribution in [0.5, 0.6) is 0 Å². The second-order valence-corrected chi connectivity index (χ2v) is 4.90. The summed E-state index contributed by atoms with van der Waals surface area (Å²) in [6.45, 7) is 7.80. The first-order valence-electron chi connectivity index (χ1n) is 6.59. The highest BCUT2D eigenvalue weighted by Gasteiger charge is 2.25. The highest BCUT2D eigenvalue weighted by Crippen LogP contribution is 2.19. The van der Waals surface area contributed by atoms with E-state index in [0.29, 0.717) is 0 Å². The number of esters is 1. The smallest absolute Gasteiger partial charge is 0.323 e. The van der Waals surface area contributed by atoms with Crippen molar-refractivity contribution in [3.8, 4) is 0 Å². The van der Waals surface area contributed by atoms with Crippen LogP contribution in [-0.2, 0) is 9.53 Å². The van der Waals surface area contributed by atoms with Gasteiger partial charge in [0, 0.05) is 6.04 Å². The Labute approximate surface area is 115 Å². The molecule has 19 heavy (non-hydrogen) atoms. The summed E-state index contributed by atoms with van der Waals surface area (Å²) in [6, 6.07) is 9.84. The molecular weight excluding hydrogens is 238 g/mol. The molecule has 0 saturated heterocycles. The van der Waals surface area contributed by atoms with Crippen LogP contribution in [0, 0.1) is 5.92 Å². The topological polar surface area (TPSA) is 38.3 Å². The van der Waals surface area contributed by atoms with Crippen LogP contribution < -0.4 is 5.32 Å². The van der Waals surface area contributed by atoms with Gasteiger partial charge < -0.3 is 4.74 Å². The van der Waals surface area contributed by atoms with Gasteiger partial charge in [-0.2, -0.15) is 0 Å². The molecule has 0 aliphatic heterocycles. The lowest BCUT2D eigenvalue weighted by molar-refractivity contribution is -0.144. The highest BCUT2D eigenvalue weighted by molar-refractivity contribution is 5.76. The monoisotopic (exact) mass is 261 g/mol. The molecule has 0 fully saturated rings. The Morgan fingerprint density at radius 1 is 1.37 bits per heavy atom. The largest absolute Gasteiger partial charge is 0.468 e. The number of methoxy groups -OCH3 is 1. The van der Waals surface area contributed by atoms with Crippen molar-refractivity contribution in [3.05, 3.63) is 48.6 Å². The number of hydrogen-bond acceptors (Lipinski definition) is 3. The van der Waals surface area contributed by atoms with E-state index in [-0.39, 0.29) is 24.0 Å². The Kier molecular flexibility index (Phi) is 6.30. The molecule has 1 aromatic rings. The molecule has 0 aliphatic carbocycles. The van der Waals surface area contributed by atoms with Crippen molar-refractivity contribution in [1.82, 2.24) is 5.32 Å². The van der Waals surface area contributed by atoms with E-state index in [1.807, 2.05) is 38.1 Å². The number of rotatable bonds is 7. The highest BCUT2D eigenvalue weighted by atomic mass is 16.5. The molecule has 0 spiro atoms. The van der Waals surface area contributed by atoms with Crippen molar-refractivity contribution in [1.29, 1.82) is 0 Å². The maximum absolute atomic E-state index is 11.8. The van der Waals surface area contributed by atoms with Crippen LogP contribution in [0.3, 0.4) is 0 Å². The summed E-state index contributed by atoms with van der Waals surface area (Å²) in [7, 11) is 1.42. The first-order chi connectivity index (χ1) is 9.10. The fourth-order valence-corrected chi connectivity index (χ4v) is 2.03. The molecule has 0 aromatic heterocycles. The summed E-state index contributed by atoms with van der Waals surface area (Å²) < 4.78 is 4.86. The normalized spacial score (nSPS) is 13.9. The standard InChI is InChI=1S/C16H23NO2/c1-5-9-14(13-10-7-6-8-11-13)17-15(12(2)3)16(18)19-4/h5-8,10-12,14-15,17H,1,9H2,2-4H3/t14-,15-/m0/s1. The minimum absolute atomic E-state index is 0.0743. The lowest BCUT2D eigenvalue weighted by Crippen LogP contribution is -2.43. The maximum atomic E-state index is 11.8. The quantitative estimate of drug-likeness (QED) is 0.605. The van der Waals surface area contributed by atoms with Gasteiger partial charge in [0.05, 0.1) is 7.11 Å². The summed E-state index contributed by atoms with van der Waals surface area (Å²) in [5, 5.41) is 3.38. The van der Waals surface area contributed by atoms with Gasteiger partial charge in [-0.3, -0.25) is 10.1 Å². The average molecular weight is 261 g/mol. The predicted molar refractivity (Wildman–Crippen MR) is 77.8 cm³/mol. The number of ether oxygens (including phenoxy) is 1.